The predicted octanol–water partition coefficient (Wildman–Crippen LogP) is 6.37. The number of allylic oxidation sites excluding steroid dienone is 1. The van der Waals surface area contributed by atoms with E-state index < -0.39 is 21.2 Å². The number of ether oxygens (including phenoxy) is 2. The quantitative estimate of drug-likeness (QED) is 0.139. The molecule has 1 saturated carbocycles. The Morgan fingerprint density at radius 3 is 2.73 bits per heavy atom. The molecule has 1 aromatic heterocycles. The Balaban J connectivity index is 1.18. The average molecular weight is 694 g/mol. The number of anilines is 1. The zero-order valence-corrected chi connectivity index (χ0v) is 29.1. The van der Waals surface area contributed by atoms with Gasteiger partial charge < -0.3 is 19.5 Å². The van der Waals surface area contributed by atoms with Crippen molar-refractivity contribution in [2.24, 2.45) is 11.8 Å². The molecule has 48 heavy (non-hydrogen) atoms. The number of nitrogens with zero attached hydrogens (tertiary/aromatic N) is 3. The summed E-state index contributed by atoms with van der Waals surface area (Å²) in [7, 11) is -2.29. The zero-order chi connectivity index (χ0) is 33.9. The molecule has 9 nitrogen and oxygen atoms in total. The van der Waals surface area contributed by atoms with Crippen molar-refractivity contribution in [2.45, 2.75) is 80.2 Å². The second kappa shape index (κ2) is 14.6. The molecule has 2 unspecified atom stereocenters. The third-order valence-corrected chi connectivity index (χ3v) is 12.8. The van der Waals surface area contributed by atoms with Gasteiger partial charge in [-0.3, -0.25) is 0 Å². The number of benzene rings is 2. The summed E-state index contributed by atoms with van der Waals surface area (Å²) in [5.41, 5.74) is 3.69. The fourth-order valence-corrected chi connectivity index (χ4v) is 9.39. The van der Waals surface area contributed by atoms with Gasteiger partial charge in [0.25, 0.3) is 0 Å². The minimum atomic E-state index is -3.68. The van der Waals surface area contributed by atoms with Crippen LogP contribution in [0.4, 0.5) is 5.69 Å². The molecule has 1 N–H and O–H groups in total. The first-order valence-corrected chi connectivity index (χ1v) is 18.8. The number of halogens is 1. The first kappa shape index (κ1) is 34.4. The van der Waals surface area contributed by atoms with Gasteiger partial charge in [0.05, 0.1) is 36.3 Å². The Kier molecular flexibility index (Phi) is 10.4. The van der Waals surface area contributed by atoms with Crippen molar-refractivity contribution in [3.8, 4) is 5.75 Å². The molecular formula is C37H44ClN3O6S. The van der Waals surface area contributed by atoms with Gasteiger partial charge in [0, 0.05) is 35.9 Å². The van der Waals surface area contributed by atoms with Gasteiger partial charge in [-0.05, 0) is 111 Å². The topological polar surface area (TPSA) is 119 Å². The number of aliphatic hydroxyl groups is 1. The molecule has 5 atom stereocenters. The number of hydrogen-bond acceptors (Lipinski definition) is 9. The number of aromatic nitrogens is 2. The van der Waals surface area contributed by atoms with Crippen LogP contribution in [0.25, 0.3) is 0 Å². The number of esters is 1. The van der Waals surface area contributed by atoms with Crippen LogP contribution in [0, 0.1) is 11.8 Å². The maximum atomic E-state index is 13.0. The summed E-state index contributed by atoms with van der Waals surface area (Å²) in [6.07, 6.45) is 12.2. The van der Waals surface area contributed by atoms with E-state index in [1.54, 1.807) is 12.1 Å². The predicted molar refractivity (Wildman–Crippen MR) is 185 cm³/mol. The Morgan fingerprint density at radius 1 is 1.19 bits per heavy atom. The second-order valence-electron chi connectivity index (χ2n) is 13.4. The maximum Gasteiger partial charge on any atom is 0.337 e. The van der Waals surface area contributed by atoms with Crippen LogP contribution < -0.4 is 9.64 Å². The Morgan fingerprint density at radius 2 is 2.00 bits per heavy atom. The molecule has 0 radical (unpaired) electrons. The molecule has 6 rings (SSSR count). The highest BCUT2D eigenvalue weighted by Gasteiger charge is 2.43. The van der Waals surface area contributed by atoms with Crippen LogP contribution in [-0.2, 0) is 26.4 Å². The normalized spacial score (nSPS) is 23.4. The minimum Gasteiger partial charge on any atom is -0.490 e. The van der Waals surface area contributed by atoms with Crippen LogP contribution in [0.1, 0.15) is 73.4 Å². The number of fused-ring (bicyclic) bond motifs is 3. The molecule has 0 bridgehead atoms. The fraction of sp³-hybridized carbons (Fsp3) is 0.486. The number of aryl methyl sites for hydroxylation is 1. The lowest BCUT2D eigenvalue weighted by molar-refractivity contribution is 0.0600. The number of carbonyl (C=O) groups excluding carboxylic acids is 1. The number of rotatable bonds is 11. The summed E-state index contributed by atoms with van der Waals surface area (Å²) in [6.45, 7) is 3.88. The summed E-state index contributed by atoms with van der Waals surface area (Å²) in [5.74, 6) is 0.976. The van der Waals surface area contributed by atoms with Crippen LogP contribution in [0.5, 0.6) is 5.75 Å². The van der Waals surface area contributed by atoms with Crippen LogP contribution in [-0.4, -0.2) is 67.6 Å². The Labute approximate surface area is 288 Å². The van der Waals surface area contributed by atoms with E-state index in [1.165, 1.54) is 30.6 Å². The summed E-state index contributed by atoms with van der Waals surface area (Å²) in [4.78, 5) is 22.8. The third kappa shape index (κ3) is 7.12. The smallest absolute Gasteiger partial charge is 0.337 e. The van der Waals surface area contributed by atoms with E-state index >= 15 is 0 Å². The van der Waals surface area contributed by atoms with Crippen molar-refractivity contribution < 1.29 is 27.8 Å². The van der Waals surface area contributed by atoms with Crippen LogP contribution in [0.2, 0.25) is 5.02 Å². The van der Waals surface area contributed by atoms with Gasteiger partial charge >= 0.3 is 5.97 Å². The Bertz CT molecular complexity index is 1750. The van der Waals surface area contributed by atoms with Gasteiger partial charge in [-0.25, -0.2) is 23.2 Å². The average Bonchev–Trinajstić information content (AvgIpc) is 3.23. The van der Waals surface area contributed by atoms with E-state index in [2.05, 4.69) is 33.1 Å². The van der Waals surface area contributed by atoms with Crippen LogP contribution >= 0.6 is 11.6 Å². The molecule has 0 saturated heterocycles. The minimum absolute atomic E-state index is 0.166. The van der Waals surface area contributed by atoms with Crippen molar-refractivity contribution in [2.75, 3.05) is 31.7 Å². The van der Waals surface area contributed by atoms with Gasteiger partial charge in [0.1, 0.15) is 5.75 Å². The van der Waals surface area contributed by atoms with Crippen molar-refractivity contribution in [3.63, 3.8) is 0 Å². The van der Waals surface area contributed by atoms with Crippen LogP contribution in [0.3, 0.4) is 0 Å². The molecule has 2 aliphatic carbocycles. The van der Waals surface area contributed by atoms with Crippen molar-refractivity contribution in [1.82, 2.24) is 9.97 Å². The lowest BCUT2D eigenvalue weighted by atomic mass is 9.69. The summed E-state index contributed by atoms with van der Waals surface area (Å²) in [5, 5.41) is 10.8. The first-order valence-electron chi connectivity index (χ1n) is 16.9. The van der Waals surface area contributed by atoms with Crippen molar-refractivity contribution in [1.29, 1.82) is 0 Å². The second-order valence-corrected chi connectivity index (χ2v) is 16.0. The van der Waals surface area contributed by atoms with Crippen LogP contribution in [0.15, 0.2) is 72.2 Å². The van der Waals surface area contributed by atoms with E-state index in [0.29, 0.717) is 37.4 Å². The molecule has 256 valence electrons. The van der Waals surface area contributed by atoms with E-state index in [4.69, 9.17) is 21.1 Å². The Hall–Kier alpha value is -3.47. The zero-order valence-electron chi connectivity index (χ0n) is 27.6. The van der Waals surface area contributed by atoms with E-state index in [0.717, 1.165) is 61.7 Å². The summed E-state index contributed by atoms with van der Waals surface area (Å²) >= 11 is 6.41. The SMILES string of the molecule is CCC(CCC(O)/C=C/[C@@H]1CC[C@H]1CN1C[C@@]2(CCCc3cc(Cl)ccc32)COc2ccc(C(=O)OC)cc21)S(=O)(=O)c1ncccn1. The van der Waals surface area contributed by atoms with Gasteiger partial charge in [-0.1, -0.05) is 36.7 Å². The highest BCUT2D eigenvalue weighted by atomic mass is 35.5. The molecule has 1 spiro atoms. The molecule has 1 aliphatic heterocycles. The van der Waals surface area contributed by atoms with Crippen molar-refractivity contribution in [3.05, 3.63) is 88.7 Å². The van der Waals surface area contributed by atoms with Crippen molar-refractivity contribution >= 4 is 33.1 Å². The number of carbonyl (C=O) groups is 1. The molecule has 2 aromatic carbocycles. The molecule has 1 fully saturated rings. The van der Waals surface area contributed by atoms with Gasteiger partial charge in [0.15, 0.2) is 0 Å². The number of aliphatic hydroxyl groups excluding tert-OH is 1. The number of sulfone groups is 1. The summed E-state index contributed by atoms with van der Waals surface area (Å²) in [6, 6.07) is 13.3. The number of hydrogen-bond donors (Lipinski definition) is 1. The fourth-order valence-electron chi connectivity index (χ4n) is 7.60. The molecule has 3 aromatic rings. The van der Waals surface area contributed by atoms with Gasteiger partial charge in [-0.2, -0.15) is 0 Å². The third-order valence-electron chi connectivity index (χ3n) is 10.4. The standard InChI is InChI=1S/C37H44ClN3O6S/c1-3-31(48(44,45)36-39-18-5-19-40-36)14-13-30(42)12-9-25-7-8-28(25)22-41-23-37(17-4-6-26-20-29(38)11-15-32(26)37)24-47-34-16-10-27(21-33(34)41)35(43)46-2/h5,9-12,15-16,18-21,25,28,30-31,42H,3-4,6-8,13-14,17,22-24H2,1-2H3/b12-9+/t25-,28-,30?,31?,37-/m0/s1. The lowest BCUT2D eigenvalue weighted by Gasteiger charge is -2.44. The lowest BCUT2D eigenvalue weighted by Crippen LogP contribution is -2.48. The first-order chi connectivity index (χ1) is 23.1. The summed E-state index contributed by atoms with van der Waals surface area (Å²) < 4.78 is 37.7. The molecule has 3 aliphatic rings. The van der Waals surface area contributed by atoms with E-state index in [-0.39, 0.29) is 22.5 Å². The highest BCUT2D eigenvalue weighted by Crippen LogP contribution is 2.46. The molecule has 0 amide bonds. The molecule has 11 heteroatoms. The monoisotopic (exact) mass is 693 g/mol. The van der Waals surface area contributed by atoms with E-state index in [1.807, 2.05) is 31.2 Å². The van der Waals surface area contributed by atoms with E-state index in [9.17, 15) is 18.3 Å². The maximum absolute atomic E-state index is 13.0. The molecule has 2 heterocycles. The van der Waals surface area contributed by atoms with Gasteiger partial charge in [-0.15, -0.1) is 0 Å². The molecular weight excluding hydrogens is 650 g/mol. The highest BCUT2D eigenvalue weighted by molar-refractivity contribution is 7.91. The largest absolute Gasteiger partial charge is 0.490 e. The van der Waals surface area contributed by atoms with Gasteiger partial charge in [0.2, 0.25) is 15.0 Å². The number of methoxy groups -OCH3 is 1.